The Hall–Kier alpha value is -3.43. The van der Waals surface area contributed by atoms with E-state index in [0.29, 0.717) is 12.2 Å². The molecule has 2 rings (SSSR count). The molecule has 31 heavy (non-hydrogen) atoms. The number of rotatable bonds is 10. The lowest BCUT2D eigenvalue weighted by molar-refractivity contribution is -0.140. The predicted molar refractivity (Wildman–Crippen MR) is 117 cm³/mol. The molecule has 9 heteroatoms. The molecule has 0 bridgehead atoms. The number of hydrogen-bond acceptors (Lipinski definition) is 6. The lowest BCUT2D eigenvalue weighted by atomic mass is 10.0. The fraction of sp³-hybridized carbons (Fsp3) is 0.318. The smallest absolute Gasteiger partial charge is 0.275 e. The van der Waals surface area contributed by atoms with Gasteiger partial charge in [-0.3, -0.25) is 19.6 Å². The summed E-state index contributed by atoms with van der Waals surface area (Å²) in [5.74, 6) is -2.24. The number of methoxy groups -OCH3 is 1. The van der Waals surface area contributed by atoms with Crippen LogP contribution in [0.3, 0.4) is 0 Å². The van der Waals surface area contributed by atoms with Crippen molar-refractivity contribution in [2.24, 2.45) is 0 Å². The van der Waals surface area contributed by atoms with Crippen LogP contribution in [0, 0.1) is 0 Å². The summed E-state index contributed by atoms with van der Waals surface area (Å²) < 4.78 is 5.03. The van der Waals surface area contributed by atoms with E-state index in [1.807, 2.05) is 24.3 Å². The van der Waals surface area contributed by atoms with Gasteiger partial charge in [-0.05, 0) is 41.8 Å². The van der Waals surface area contributed by atoms with Gasteiger partial charge in [0.1, 0.15) is 0 Å². The fourth-order valence-corrected chi connectivity index (χ4v) is 3.02. The third kappa shape index (κ3) is 6.27. The molecule has 0 fully saturated rings. The first-order valence-corrected chi connectivity index (χ1v) is 9.79. The molecular weight excluding hydrogens is 400 g/mol. The highest BCUT2D eigenvalue weighted by Crippen LogP contribution is 2.22. The van der Waals surface area contributed by atoms with E-state index >= 15 is 0 Å². The first-order valence-electron chi connectivity index (χ1n) is 9.79. The number of hydroxylamine groups is 1. The number of ether oxygens (including phenoxy) is 1. The average molecular weight is 428 g/mol. The Balaban J connectivity index is 2.09. The second kappa shape index (κ2) is 11.7. The Morgan fingerprint density at radius 3 is 2.10 bits per heavy atom. The summed E-state index contributed by atoms with van der Waals surface area (Å²) in [5.41, 5.74) is 4.64. The van der Waals surface area contributed by atoms with Gasteiger partial charge in [-0.25, -0.2) is 5.48 Å². The van der Waals surface area contributed by atoms with Gasteiger partial charge in [-0.2, -0.15) is 0 Å². The monoisotopic (exact) mass is 428 g/mol. The quantitative estimate of drug-likeness (QED) is 0.197. The fourth-order valence-electron chi connectivity index (χ4n) is 3.02. The molecule has 0 heterocycles. The molecule has 2 aromatic carbocycles. The summed E-state index contributed by atoms with van der Waals surface area (Å²) in [6.45, 7) is 1.53. The van der Waals surface area contributed by atoms with Gasteiger partial charge in [-0.15, -0.1) is 0 Å². The SMILES string of the molecule is CNC(=O)C(C(=O)NO)N(C)C(=O)c1ccc(-c2ccc(NCCCOC)cc2)cc1. The molecule has 1 unspecified atom stereocenters. The minimum absolute atomic E-state index is 0.308. The van der Waals surface area contributed by atoms with Crippen molar-refractivity contribution in [3.63, 3.8) is 0 Å². The molecule has 0 aliphatic heterocycles. The van der Waals surface area contributed by atoms with Crippen LogP contribution >= 0.6 is 0 Å². The predicted octanol–water partition coefficient (Wildman–Crippen LogP) is 1.49. The second-order valence-electron chi connectivity index (χ2n) is 6.84. The second-order valence-corrected chi connectivity index (χ2v) is 6.84. The summed E-state index contributed by atoms with van der Waals surface area (Å²) in [6, 6.07) is 13.3. The zero-order valence-electron chi connectivity index (χ0n) is 17.8. The molecule has 0 saturated heterocycles. The van der Waals surface area contributed by atoms with E-state index in [9.17, 15) is 14.4 Å². The van der Waals surface area contributed by atoms with Crippen LogP contribution in [-0.2, 0) is 14.3 Å². The molecule has 1 atom stereocenters. The maximum Gasteiger partial charge on any atom is 0.275 e. The van der Waals surface area contributed by atoms with Crippen LogP contribution in [-0.4, -0.2) is 68.2 Å². The van der Waals surface area contributed by atoms with E-state index in [0.717, 1.165) is 34.7 Å². The number of carbonyl (C=O) groups is 3. The molecule has 0 radical (unpaired) electrons. The van der Waals surface area contributed by atoms with Gasteiger partial charge in [0.25, 0.3) is 17.7 Å². The lowest BCUT2D eigenvalue weighted by Gasteiger charge is -2.25. The maximum atomic E-state index is 12.7. The van der Waals surface area contributed by atoms with Crippen molar-refractivity contribution in [1.29, 1.82) is 0 Å². The van der Waals surface area contributed by atoms with Gasteiger partial charge in [0.05, 0.1) is 0 Å². The van der Waals surface area contributed by atoms with Gasteiger partial charge < -0.3 is 20.3 Å². The standard InChI is InChI=1S/C22H28N4O5/c1-23-20(27)19(21(28)25-30)26(2)22(29)17-7-5-15(6-8-17)16-9-11-18(12-10-16)24-13-4-14-31-3/h5-12,19,24,30H,4,13-14H2,1-3H3,(H,23,27)(H,25,28). The van der Waals surface area contributed by atoms with E-state index in [1.54, 1.807) is 31.4 Å². The minimum atomic E-state index is -1.49. The Bertz CT molecular complexity index is 868. The van der Waals surface area contributed by atoms with E-state index in [4.69, 9.17) is 9.94 Å². The topological polar surface area (TPSA) is 120 Å². The Morgan fingerprint density at radius 1 is 1.00 bits per heavy atom. The van der Waals surface area contributed by atoms with Crippen LogP contribution in [0.25, 0.3) is 11.1 Å². The molecule has 3 amide bonds. The summed E-state index contributed by atoms with van der Waals surface area (Å²) in [5, 5.41) is 14.5. The van der Waals surface area contributed by atoms with Crippen molar-refractivity contribution in [2.45, 2.75) is 12.5 Å². The number of nitrogens with one attached hydrogen (secondary N) is 3. The molecule has 0 spiro atoms. The highest BCUT2D eigenvalue weighted by Gasteiger charge is 2.33. The number of nitrogens with zero attached hydrogens (tertiary/aromatic N) is 1. The van der Waals surface area contributed by atoms with Crippen molar-refractivity contribution in [2.75, 3.05) is 39.7 Å². The number of benzene rings is 2. The summed E-state index contributed by atoms with van der Waals surface area (Å²) in [6.07, 6.45) is 0.920. The molecule has 9 nitrogen and oxygen atoms in total. The van der Waals surface area contributed by atoms with Gasteiger partial charge in [0.15, 0.2) is 6.04 Å². The van der Waals surface area contributed by atoms with E-state index in [2.05, 4.69) is 10.6 Å². The molecule has 0 aliphatic rings. The third-order valence-corrected chi connectivity index (χ3v) is 4.77. The van der Waals surface area contributed by atoms with E-state index in [1.165, 1.54) is 19.6 Å². The van der Waals surface area contributed by atoms with Crippen LogP contribution in [0.15, 0.2) is 48.5 Å². The Labute approximate surface area is 181 Å². The number of amides is 3. The number of anilines is 1. The van der Waals surface area contributed by atoms with Crippen molar-refractivity contribution in [3.05, 3.63) is 54.1 Å². The van der Waals surface area contributed by atoms with Crippen molar-refractivity contribution < 1.29 is 24.3 Å². The molecule has 4 N–H and O–H groups in total. The summed E-state index contributed by atoms with van der Waals surface area (Å²) >= 11 is 0. The molecule has 0 aliphatic carbocycles. The van der Waals surface area contributed by atoms with Crippen LogP contribution in [0.2, 0.25) is 0 Å². The highest BCUT2D eigenvalue weighted by atomic mass is 16.5. The van der Waals surface area contributed by atoms with Crippen molar-refractivity contribution in [1.82, 2.24) is 15.7 Å². The highest BCUT2D eigenvalue weighted by molar-refractivity contribution is 6.08. The largest absolute Gasteiger partial charge is 0.385 e. The Kier molecular flexibility index (Phi) is 8.98. The summed E-state index contributed by atoms with van der Waals surface area (Å²) in [4.78, 5) is 37.5. The third-order valence-electron chi connectivity index (χ3n) is 4.77. The molecule has 0 saturated carbocycles. The zero-order chi connectivity index (χ0) is 22.8. The van der Waals surface area contributed by atoms with Crippen molar-refractivity contribution in [3.8, 4) is 11.1 Å². The van der Waals surface area contributed by atoms with Gasteiger partial charge >= 0.3 is 0 Å². The molecule has 2 aromatic rings. The normalized spacial score (nSPS) is 11.4. The lowest BCUT2D eigenvalue weighted by Crippen LogP contribution is -2.54. The number of likely N-dealkylation sites (N-methyl/N-ethyl adjacent to an activating group) is 2. The average Bonchev–Trinajstić information content (AvgIpc) is 2.81. The number of carbonyl (C=O) groups excluding carboxylic acids is 3. The van der Waals surface area contributed by atoms with Crippen LogP contribution < -0.4 is 16.1 Å². The Morgan fingerprint density at radius 2 is 1.58 bits per heavy atom. The first kappa shape index (κ1) is 23.8. The van der Waals surface area contributed by atoms with Crippen LogP contribution in [0.4, 0.5) is 5.69 Å². The first-order chi connectivity index (χ1) is 14.9. The van der Waals surface area contributed by atoms with E-state index < -0.39 is 23.8 Å². The summed E-state index contributed by atoms with van der Waals surface area (Å²) in [7, 11) is 4.34. The van der Waals surface area contributed by atoms with Gasteiger partial charge in [0.2, 0.25) is 0 Å². The zero-order valence-corrected chi connectivity index (χ0v) is 17.8. The molecular formula is C22H28N4O5. The maximum absolute atomic E-state index is 12.7. The molecule has 166 valence electrons. The number of hydrogen-bond donors (Lipinski definition) is 4. The van der Waals surface area contributed by atoms with E-state index in [-0.39, 0.29) is 0 Å². The van der Waals surface area contributed by atoms with Gasteiger partial charge in [-0.1, -0.05) is 24.3 Å². The molecule has 0 aromatic heterocycles. The van der Waals surface area contributed by atoms with Gasteiger partial charge in [0, 0.05) is 45.6 Å². The van der Waals surface area contributed by atoms with Crippen LogP contribution in [0.1, 0.15) is 16.8 Å². The van der Waals surface area contributed by atoms with Crippen LogP contribution in [0.5, 0.6) is 0 Å². The minimum Gasteiger partial charge on any atom is -0.385 e. The van der Waals surface area contributed by atoms with Crippen molar-refractivity contribution >= 4 is 23.4 Å².